The highest BCUT2D eigenvalue weighted by Crippen LogP contribution is 2.18. The molecule has 0 aliphatic heterocycles. The molecular formula is C9H18O4S. The highest BCUT2D eigenvalue weighted by atomic mass is 32.2. The van der Waals surface area contributed by atoms with Crippen molar-refractivity contribution < 1.29 is 18.3 Å². The maximum atomic E-state index is 11.8. The molecule has 0 heterocycles. The quantitative estimate of drug-likeness (QED) is 0.738. The molecule has 0 amide bonds. The van der Waals surface area contributed by atoms with E-state index >= 15 is 0 Å². The molecule has 84 valence electrons. The number of rotatable bonds is 6. The Morgan fingerprint density at radius 1 is 1.14 bits per heavy atom. The van der Waals surface area contributed by atoms with Crippen molar-refractivity contribution in [3.8, 4) is 0 Å². The van der Waals surface area contributed by atoms with Crippen molar-refractivity contribution in [2.75, 3.05) is 0 Å². The predicted molar refractivity (Wildman–Crippen MR) is 55.0 cm³/mol. The lowest BCUT2D eigenvalue weighted by Gasteiger charge is -2.18. The first-order valence-corrected chi connectivity index (χ1v) is 6.48. The van der Waals surface area contributed by atoms with Crippen LogP contribution < -0.4 is 0 Å². The summed E-state index contributed by atoms with van der Waals surface area (Å²) in [5.74, 6) is -1.24. The fourth-order valence-electron chi connectivity index (χ4n) is 1.53. The molecule has 0 saturated carbocycles. The topological polar surface area (TPSA) is 71.4 Å². The van der Waals surface area contributed by atoms with Gasteiger partial charge in [-0.2, -0.15) is 0 Å². The molecule has 0 fully saturated rings. The van der Waals surface area contributed by atoms with Crippen molar-refractivity contribution in [1.29, 1.82) is 0 Å². The van der Waals surface area contributed by atoms with Crippen molar-refractivity contribution in [3.63, 3.8) is 0 Å². The largest absolute Gasteiger partial charge is 0.480 e. The molecule has 0 aromatic carbocycles. The zero-order chi connectivity index (χ0) is 11.4. The van der Waals surface area contributed by atoms with Crippen LogP contribution in [0.25, 0.3) is 0 Å². The summed E-state index contributed by atoms with van der Waals surface area (Å²) in [6.07, 6.45) is 1.08. The van der Waals surface area contributed by atoms with Crippen molar-refractivity contribution in [2.45, 2.75) is 50.5 Å². The third-order valence-corrected chi connectivity index (χ3v) is 5.34. The Morgan fingerprint density at radius 3 is 1.79 bits per heavy atom. The second kappa shape index (κ2) is 5.34. The number of aliphatic carboxylic acids is 1. The number of hydrogen-bond donors (Lipinski definition) is 1. The molecule has 0 spiro atoms. The van der Waals surface area contributed by atoms with Crippen LogP contribution in [0.1, 0.15) is 40.0 Å². The Bertz CT molecular complexity index is 277. The molecule has 0 bridgehead atoms. The number of carbonyl (C=O) groups is 1. The molecule has 0 aromatic heterocycles. The van der Waals surface area contributed by atoms with Crippen molar-refractivity contribution in [2.24, 2.45) is 0 Å². The second-order valence-electron chi connectivity index (χ2n) is 3.26. The predicted octanol–water partition coefficient (Wildman–Crippen LogP) is 1.45. The van der Waals surface area contributed by atoms with Gasteiger partial charge >= 0.3 is 5.97 Å². The van der Waals surface area contributed by atoms with E-state index in [1.807, 2.05) is 0 Å². The minimum absolute atomic E-state index is 0.133. The van der Waals surface area contributed by atoms with Gasteiger partial charge in [0.25, 0.3) is 0 Å². The van der Waals surface area contributed by atoms with Crippen LogP contribution in [0.15, 0.2) is 0 Å². The summed E-state index contributed by atoms with van der Waals surface area (Å²) in [5.41, 5.74) is 0. The molecule has 1 unspecified atom stereocenters. The minimum atomic E-state index is -3.51. The molecule has 0 rings (SSSR count). The fraction of sp³-hybridized carbons (Fsp3) is 0.889. The van der Waals surface area contributed by atoms with Crippen LogP contribution in [-0.2, 0) is 14.6 Å². The van der Waals surface area contributed by atoms with E-state index in [0.717, 1.165) is 0 Å². The van der Waals surface area contributed by atoms with Gasteiger partial charge < -0.3 is 5.11 Å². The molecule has 0 saturated heterocycles. The lowest BCUT2D eigenvalue weighted by molar-refractivity contribution is -0.136. The number of carboxylic acid groups (broad SMARTS) is 1. The van der Waals surface area contributed by atoms with Gasteiger partial charge in [0.2, 0.25) is 0 Å². The maximum Gasteiger partial charge on any atom is 0.321 e. The molecule has 0 aliphatic carbocycles. The third kappa shape index (κ3) is 2.70. The van der Waals surface area contributed by atoms with Crippen molar-refractivity contribution in [3.05, 3.63) is 0 Å². The van der Waals surface area contributed by atoms with Crippen LogP contribution in [0.2, 0.25) is 0 Å². The lowest BCUT2D eigenvalue weighted by atomic mass is 10.3. The maximum absolute atomic E-state index is 11.8. The summed E-state index contributed by atoms with van der Waals surface area (Å²) in [5, 5.41) is 7.00. The molecule has 4 nitrogen and oxygen atoms in total. The summed E-state index contributed by atoms with van der Waals surface area (Å²) >= 11 is 0. The Morgan fingerprint density at radius 2 is 1.57 bits per heavy atom. The zero-order valence-electron chi connectivity index (χ0n) is 8.86. The summed E-state index contributed by atoms with van der Waals surface area (Å²) in [6, 6.07) is 0. The van der Waals surface area contributed by atoms with E-state index in [0.29, 0.717) is 12.8 Å². The molecular weight excluding hydrogens is 204 g/mol. The molecule has 1 atom stereocenters. The summed E-state index contributed by atoms with van der Waals surface area (Å²) in [4.78, 5) is 10.7. The van der Waals surface area contributed by atoms with Gasteiger partial charge in [-0.15, -0.1) is 0 Å². The highest BCUT2D eigenvalue weighted by molar-refractivity contribution is 7.93. The monoisotopic (exact) mass is 222 g/mol. The van der Waals surface area contributed by atoms with E-state index in [-0.39, 0.29) is 6.42 Å². The smallest absolute Gasteiger partial charge is 0.321 e. The van der Waals surface area contributed by atoms with Crippen LogP contribution in [0.5, 0.6) is 0 Å². The normalized spacial score (nSPS) is 14.3. The lowest BCUT2D eigenvalue weighted by Crippen LogP contribution is -2.36. The van der Waals surface area contributed by atoms with E-state index in [1.165, 1.54) is 0 Å². The summed E-state index contributed by atoms with van der Waals surface area (Å²) in [7, 11) is -3.51. The number of carboxylic acids is 1. The van der Waals surface area contributed by atoms with E-state index in [2.05, 4.69) is 0 Å². The second-order valence-corrected chi connectivity index (χ2v) is 5.68. The molecule has 14 heavy (non-hydrogen) atoms. The minimum Gasteiger partial charge on any atom is -0.480 e. The van der Waals surface area contributed by atoms with Gasteiger partial charge in [0.15, 0.2) is 15.1 Å². The van der Waals surface area contributed by atoms with Crippen molar-refractivity contribution >= 4 is 15.8 Å². The van der Waals surface area contributed by atoms with E-state index in [9.17, 15) is 13.2 Å². The van der Waals surface area contributed by atoms with Gasteiger partial charge in [0.05, 0.1) is 5.25 Å². The standard InChI is InChI=1S/C9H18O4S/c1-4-7(5-2)14(12,13)8(6-3)9(10)11/h7-8H,4-6H2,1-3H3,(H,10,11). The van der Waals surface area contributed by atoms with E-state index in [1.54, 1.807) is 20.8 Å². The van der Waals surface area contributed by atoms with Gasteiger partial charge in [-0.1, -0.05) is 20.8 Å². The Labute approximate surface area is 85.2 Å². The van der Waals surface area contributed by atoms with Gasteiger partial charge in [-0.05, 0) is 19.3 Å². The van der Waals surface area contributed by atoms with E-state index in [4.69, 9.17) is 5.11 Å². The molecule has 5 heteroatoms. The van der Waals surface area contributed by atoms with Gasteiger partial charge in [0, 0.05) is 0 Å². The molecule has 0 aromatic rings. The van der Waals surface area contributed by atoms with Crippen LogP contribution in [0.3, 0.4) is 0 Å². The fourth-order valence-corrected chi connectivity index (χ4v) is 3.67. The van der Waals surface area contributed by atoms with Crippen LogP contribution in [0, 0.1) is 0 Å². The molecule has 0 radical (unpaired) electrons. The van der Waals surface area contributed by atoms with Crippen LogP contribution in [0.4, 0.5) is 0 Å². The van der Waals surface area contributed by atoms with Crippen LogP contribution >= 0.6 is 0 Å². The highest BCUT2D eigenvalue weighted by Gasteiger charge is 2.35. The SMILES string of the molecule is CCC(CC)S(=O)(=O)C(CC)C(=O)O. The Hall–Kier alpha value is -0.580. The van der Waals surface area contributed by atoms with Gasteiger partial charge in [-0.25, -0.2) is 8.42 Å². The summed E-state index contributed by atoms with van der Waals surface area (Å²) in [6.45, 7) is 5.11. The zero-order valence-corrected chi connectivity index (χ0v) is 9.67. The molecule has 0 aliphatic rings. The first-order valence-electron chi connectivity index (χ1n) is 4.87. The summed E-state index contributed by atoms with van der Waals surface area (Å²) < 4.78 is 23.6. The average molecular weight is 222 g/mol. The first kappa shape index (κ1) is 13.4. The number of sulfone groups is 1. The van der Waals surface area contributed by atoms with Gasteiger partial charge in [-0.3, -0.25) is 4.79 Å². The molecule has 1 N–H and O–H groups in total. The van der Waals surface area contributed by atoms with Crippen molar-refractivity contribution in [1.82, 2.24) is 0 Å². The average Bonchev–Trinajstić information content (AvgIpc) is 2.05. The van der Waals surface area contributed by atoms with E-state index < -0.39 is 26.3 Å². The van der Waals surface area contributed by atoms with Crippen LogP contribution in [-0.4, -0.2) is 30.0 Å². The first-order chi connectivity index (χ1) is 6.41. The Balaban J connectivity index is 5.00. The third-order valence-electron chi connectivity index (χ3n) is 2.42. The van der Waals surface area contributed by atoms with Gasteiger partial charge in [0.1, 0.15) is 0 Å². The number of hydrogen-bond acceptors (Lipinski definition) is 3. The Kier molecular flexibility index (Phi) is 5.12.